The van der Waals surface area contributed by atoms with E-state index in [9.17, 15) is 10.1 Å². The van der Waals surface area contributed by atoms with Gasteiger partial charge in [0.2, 0.25) is 0 Å². The number of likely N-dealkylation sites (tertiary alicyclic amines) is 2. The largest absolute Gasteiger partial charge is 0.493 e. The number of rotatable bonds is 6. The molecule has 3 rings (SSSR count). The van der Waals surface area contributed by atoms with Crippen LogP contribution < -0.4 is 14.8 Å². The predicted octanol–water partition coefficient (Wildman–Crippen LogP) is 2.58. The second-order valence-corrected chi connectivity index (χ2v) is 7.47. The van der Waals surface area contributed by atoms with Crippen LogP contribution in [0, 0.1) is 10.1 Å². The Hall–Kier alpha value is -2.06. The highest BCUT2D eigenvalue weighted by molar-refractivity contribution is 5.68. The van der Waals surface area contributed by atoms with Gasteiger partial charge >= 0.3 is 0 Å². The Bertz CT molecular complexity index is 653. The molecule has 1 aromatic rings. The molecule has 0 amide bonds. The summed E-state index contributed by atoms with van der Waals surface area (Å²) in [5, 5.41) is 14.8. The second kappa shape index (κ2) is 8.75. The molecule has 0 aliphatic carbocycles. The van der Waals surface area contributed by atoms with Crippen LogP contribution in [-0.4, -0.2) is 74.3 Å². The molecule has 0 aromatic heterocycles. The molecule has 1 N–H and O–H groups in total. The lowest BCUT2D eigenvalue weighted by Crippen LogP contribution is -2.48. The molecule has 2 aliphatic rings. The first-order valence-corrected chi connectivity index (χ1v) is 9.61. The normalized spacial score (nSPS) is 20.4. The summed E-state index contributed by atoms with van der Waals surface area (Å²) in [5.41, 5.74) is 0.515. The van der Waals surface area contributed by atoms with Gasteiger partial charge in [-0.2, -0.15) is 0 Å². The summed E-state index contributed by atoms with van der Waals surface area (Å²) in [7, 11) is 5.20. The highest BCUT2D eigenvalue weighted by Gasteiger charge is 2.29. The molecule has 1 aromatic carbocycles. The third kappa shape index (κ3) is 4.62. The third-order valence-electron chi connectivity index (χ3n) is 5.79. The van der Waals surface area contributed by atoms with Crippen molar-refractivity contribution in [2.45, 2.75) is 37.8 Å². The molecule has 0 unspecified atom stereocenters. The number of nitrogens with zero attached hydrogens (tertiary/aromatic N) is 3. The fourth-order valence-corrected chi connectivity index (χ4v) is 4.12. The minimum atomic E-state index is -0.377. The van der Waals surface area contributed by atoms with Crippen LogP contribution >= 0.6 is 0 Å². The van der Waals surface area contributed by atoms with Crippen LogP contribution in [0.5, 0.6) is 11.5 Å². The van der Waals surface area contributed by atoms with Gasteiger partial charge in [-0.1, -0.05) is 0 Å². The number of hydrogen-bond acceptors (Lipinski definition) is 7. The minimum absolute atomic E-state index is 0.0189. The van der Waals surface area contributed by atoms with Gasteiger partial charge in [-0.3, -0.25) is 10.1 Å². The molecule has 27 heavy (non-hydrogen) atoms. The van der Waals surface area contributed by atoms with Crippen LogP contribution in [-0.2, 0) is 0 Å². The van der Waals surface area contributed by atoms with Crippen LogP contribution in [0.1, 0.15) is 25.7 Å². The van der Waals surface area contributed by atoms with Gasteiger partial charge < -0.3 is 24.6 Å². The first-order chi connectivity index (χ1) is 13.0. The molecule has 2 heterocycles. The van der Waals surface area contributed by atoms with Crippen molar-refractivity contribution in [1.82, 2.24) is 9.80 Å². The molecule has 8 heteroatoms. The molecule has 2 saturated heterocycles. The van der Waals surface area contributed by atoms with E-state index in [1.165, 1.54) is 46.2 Å². The quantitative estimate of drug-likeness (QED) is 0.602. The molecule has 0 atom stereocenters. The van der Waals surface area contributed by atoms with Gasteiger partial charge in [0.15, 0.2) is 11.5 Å². The van der Waals surface area contributed by atoms with E-state index in [1.807, 2.05) is 0 Å². The summed E-state index contributed by atoms with van der Waals surface area (Å²) in [6, 6.07) is 4.00. The van der Waals surface area contributed by atoms with Crippen molar-refractivity contribution in [2.24, 2.45) is 0 Å². The SMILES string of the molecule is COc1cc(NC2CCN(C3CCN(C)CC3)CC2)c([N+](=O)[O-])cc1OC. The highest BCUT2D eigenvalue weighted by Crippen LogP contribution is 2.38. The lowest BCUT2D eigenvalue weighted by molar-refractivity contribution is -0.384. The lowest BCUT2D eigenvalue weighted by atomic mass is 9.98. The number of piperidine rings is 2. The molecule has 0 radical (unpaired) electrons. The number of anilines is 1. The number of ether oxygens (including phenoxy) is 2. The number of hydrogen-bond donors (Lipinski definition) is 1. The number of benzene rings is 1. The smallest absolute Gasteiger partial charge is 0.296 e. The summed E-state index contributed by atoms with van der Waals surface area (Å²) in [4.78, 5) is 16.1. The first kappa shape index (κ1) is 19.7. The van der Waals surface area contributed by atoms with E-state index in [4.69, 9.17) is 9.47 Å². The topological polar surface area (TPSA) is 80.1 Å². The monoisotopic (exact) mass is 378 g/mol. The Balaban J connectivity index is 1.63. The van der Waals surface area contributed by atoms with Gasteiger partial charge in [-0.05, 0) is 45.8 Å². The Morgan fingerprint density at radius 2 is 1.63 bits per heavy atom. The van der Waals surface area contributed by atoms with Gasteiger partial charge in [0.05, 0.1) is 25.2 Å². The maximum absolute atomic E-state index is 11.5. The van der Waals surface area contributed by atoms with Gasteiger partial charge in [0.25, 0.3) is 5.69 Å². The van der Waals surface area contributed by atoms with Crippen LogP contribution in [0.4, 0.5) is 11.4 Å². The van der Waals surface area contributed by atoms with Gasteiger partial charge in [-0.25, -0.2) is 0 Å². The summed E-state index contributed by atoms with van der Waals surface area (Å²) >= 11 is 0. The van der Waals surface area contributed by atoms with E-state index in [1.54, 1.807) is 6.07 Å². The summed E-state index contributed by atoms with van der Waals surface area (Å²) < 4.78 is 10.5. The van der Waals surface area contributed by atoms with Gasteiger partial charge in [0.1, 0.15) is 5.69 Å². The molecular weight excluding hydrogens is 348 g/mol. The Labute approximate surface area is 160 Å². The lowest BCUT2D eigenvalue weighted by Gasteiger charge is -2.41. The van der Waals surface area contributed by atoms with Crippen molar-refractivity contribution >= 4 is 11.4 Å². The molecule has 0 spiro atoms. The van der Waals surface area contributed by atoms with Crippen molar-refractivity contribution < 1.29 is 14.4 Å². The zero-order valence-corrected chi connectivity index (χ0v) is 16.4. The summed E-state index contributed by atoms with van der Waals surface area (Å²) in [5.74, 6) is 0.862. The van der Waals surface area contributed by atoms with Crippen LogP contribution in [0.3, 0.4) is 0 Å². The van der Waals surface area contributed by atoms with E-state index in [0.717, 1.165) is 25.9 Å². The van der Waals surface area contributed by atoms with E-state index in [-0.39, 0.29) is 16.7 Å². The Morgan fingerprint density at radius 3 is 2.19 bits per heavy atom. The molecule has 150 valence electrons. The maximum atomic E-state index is 11.5. The predicted molar refractivity (Wildman–Crippen MR) is 105 cm³/mol. The number of nitro benzene ring substituents is 1. The van der Waals surface area contributed by atoms with Crippen LogP contribution in [0.25, 0.3) is 0 Å². The van der Waals surface area contributed by atoms with E-state index in [2.05, 4.69) is 22.2 Å². The Morgan fingerprint density at radius 1 is 1.04 bits per heavy atom. The Kier molecular flexibility index (Phi) is 6.38. The molecule has 2 aliphatic heterocycles. The maximum Gasteiger partial charge on any atom is 0.296 e. The zero-order valence-electron chi connectivity index (χ0n) is 16.4. The molecule has 0 bridgehead atoms. The molecular formula is C19H30N4O4. The van der Waals surface area contributed by atoms with E-state index in [0.29, 0.717) is 23.2 Å². The van der Waals surface area contributed by atoms with Crippen molar-refractivity contribution in [3.8, 4) is 11.5 Å². The minimum Gasteiger partial charge on any atom is -0.493 e. The van der Waals surface area contributed by atoms with Crippen molar-refractivity contribution in [2.75, 3.05) is 52.8 Å². The van der Waals surface area contributed by atoms with Crippen LogP contribution in [0.15, 0.2) is 12.1 Å². The fourth-order valence-electron chi connectivity index (χ4n) is 4.12. The average molecular weight is 378 g/mol. The zero-order chi connectivity index (χ0) is 19.4. The van der Waals surface area contributed by atoms with Gasteiger partial charge in [-0.15, -0.1) is 0 Å². The molecule has 0 saturated carbocycles. The number of nitro groups is 1. The van der Waals surface area contributed by atoms with E-state index >= 15 is 0 Å². The number of nitrogens with one attached hydrogen (secondary N) is 1. The fraction of sp³-hybridized carbons (Fsp3) is 0.684. The first-order valence-electron chi connectivity index (χ1n) is 9.61. The van der Waals surface area contributed by atoms with Crippen molar-refractivity contribution in [3.63, 3.8) is 0 Å². The van der Waals surface area contributed by atoms with Crippen molar-refractivity contribution in [1.29, 1.82) is 0 Å². The van der Waals surface area contributed by atoms with Crippen molar-refractivity contribution in [3.05, 3.63) is 22.2 Å². The number of methoxy groups -OCH3 is 2. The van der Waals surface area contributed by atoms with Gasteiger partial charge in [0, 0.05) is 31.2 Å². The summed E-state index contributed by atoms with van der Waals surface area (Å²) in [6.07, 6.45) is 4.43. The van der Waals surface area contributed by atoms with E-state index < -0.39 is 0 Å². The molecule has 2 fully saturated rings. The standard InChI is InChI=1S/C19H30N4O4/c1-21-8-6-15(7-9-21)22-10-4-14(5-11-22)20-16-12-18(26-2)19(27-3)13-17(16)23(24)25/h12-15,20H,4-11H2,1-3H3. The third-order valence-corrected chi connectivity index (χ3v) is 5.79. The molecule has 8 nitrogen and oxygen atoms in total. The van der Waals surface area contributed by atoms with Crippen LogP contribution in [0.2, 0.25) is 0 Å². The second-order valence-electron chi connectivity index (χ2n) is 7.47. The summed E-state index contributed by atoms with van der Waals surface area (Å²) in [6.45, 7) is 4.40. The average Bonchev–Trinajstić information content (AvgIpc) is 2.68. The highest BCUT2D eigenvalue weighted by atomic mass is 16.6.